The molecule has 0 bridgehead atoms. The van der Waals surface area contributed by atoms with Gasteiger partial charge in [0.25, 0.3) is 0 Å². The van der Waals surface area contributed by atoms with Gasteiger partial charge in [-0.25, -0.2) is 0 Å². The molecule has 156 valence electrons. The van der Waals surface area contributed by atoms with Gasteiger partial charge in [-0.1, -0.05) is 67.6 Å². The molecule has 1 heterocycles. The Morgan fingerprint density at radius 2 is 1.83 bits per heavy atom. The van der Waals surface area contributed by atoms with Crippen LogP contribution in [0.2, 0.25) is 0 Å². The maximum Gasteiger partial charge on any atom is 0.249 e. The van der Waals surface area contributed by atoms with Crippen molar-refractivity contribution in [1.82, 2.24) is 15.5 Å². The minimum Gasteiger partial charge on any atom is -0.497 e. The normalized spacial score (nSPS) is 11.7. The molecule has 0 aliphatic rings. The summed E-state index contributed by atoms with van der Waals surface area (Å²) in [6.45, 7) is 3.77. The molecule has 0 spiro atoms. The molecule has 1 unspecified atom stereocenters. The van der Waals surface area contributed by atoms with E-state index in [1.807, 2.05) is 68.4 Å². The van der Waals surface area contributed by atoms with Crippen molar-refractivity contribution >= 4 is 28.3 Å². The van der Waals surface area contributed by atoms with Crippen molar-refractivity contribution in [3.63, 3.8) is 0 Å². The second kappa shape index (κ2) is 9.98. The lowest BCUT2D eigenvalue weighted by Crippen LogP contribution is -2.47. The number of rotatable bonds is 8. The predicted molar refractivity (Wildman–Crippen MR) is 117 cm³/mol. The van der Waals surface area contributed by atoms with Gasteiger partial charge in [0.15, 0.2) is 0 Å². The van der Waals surface area contributed by atoms with Gasteiger partial charge in [-0.05, 0) is 23.6 Å². The predicted octanol–water partition coefficient (Wildman–Crippen LogP) is 3.54. The van der Waals surface area contributed by atoms with Crippen LogP contribution in [0.4, 0.5) is 5.13 Å². The highest BCUT2D eigenvalue weighted by molar-refractivity contribution is 7.18. The molecule has 0 radical (unpaired) electrons. The number of hydrogen-bond donors (Lipinski definition) is 2. The first kappa shape index (κ1) is 21.4. The Hall–Kier alpha value is -3.26. The lowest BCUT2D eigenvalue weighted by Gasteiger charge is -2.21. The van der Waals surface area contributed by atoms with Crippen molar-refractivity contribution in [1.29, 1.82) is 0 Å². The average Bonchev–Trinajstić information content (AvgIpc) is 3.21. The summed E-state index contributed by atoms with van der Waals surface area (Å²) >= 11 is 1.26. The van der Waals surface area contributed by atoms with Crippen molar-refractivity contribution in [3.8, 4) is 16.3 Å². The van der Waals surface area contributed by atoms with Gasteiger partial charge in [-0.15, -0.1) is 10.2 Å². The van der Waals surface area contributed by atoms with E-state index in [1.54, 1.807) is 7.11 Å². The van der Waals surface area contributed by atoms with Crippen molar-refractivity contribution < 1.29 is 14.3 Å². The third-order valence-corrected chi connectivity index (χ3v) is 5.33. The number of carbonyl (C=O) groups excluding carboxylic acids is 2. The standard InChI is InChI=1S/C22H24N4O3S/c1-14(2)19(23-18(27)12-15-8-5-4-6-9-15)20(28)24-22-26-25-21(30-22)16-10-7-11-17(13-16)29-3/h4-11,13-14,19H,12H2,1-3H3,(H,23,27)(H,24,26,28). The molecule has 0 saturated heterocycles. The van der Waals surface area contributed by atoms with E-state index in [0.717, 1.165) is 11.1 Å². The molecule has 3 aromatic rings. The van der Waals surface area contributed by atoms with Crippen LogP contribution in [0.3, 0.4) is 0 Å². The third-order valence-electron chi connectivity index (χ3n) is 4.44. The summed E-state index contributed by atoms with van der Waals surface area (Å²) in [6, 6.07) is 16.2. The van der Waals surface area contributed by atoms with Gasteiger partial charge in [0, 0.05) is 5.56 Å². The number of benzene rings is 2. The van der Waals surface area contributed by atoms with E-state index in [-0.39, 0.29) is 24.2 Å². The molecule has 2 amide bonds. The molecule has 7 nitrogen and oxygen atoms in total. The number of nitrogens with zero attached hydrogens (tertiary/aromatic N) is 2. The molecule has 1 atom stereocenters. The molecule has 2 aromatic carbocycles. The first-order chi connectivity index (χ1) is 14.5. The molecular weight excluding hydrogens is 400 g/mol. The highest BCUT2D eigenvalue weighted by Gasteiger charge is 2.25. The van der Waals surface area contributed by atoms with Crippen LogP contribution in [0.5, 0.6) is 5.75 Å². The Morgan fingerprint density at radius 1 is 1.07 bits per heavy atom. The summed E-state index contributed by atoms with van der Waals surface area (Å²) in [5.74, 6) is 0.105. The van der Waals surface area contributed by atoms with Gasteiger partial charge in [0.2, 0.25) is 16.9 Å². The van der Waals surface area contributed by atoms with Crippen LogP contribution in [0.15, 0.2) is 54.6 Å². The van der Waals surface area contributed by atoms with Crippen LogP contribution in [0, 0.1) is 5.92 Å². The number of carbonyl (C=O) groups is 2. The largest absolute Gasteiger partial charge is 0.497 e. The molecule has 30 heavy (non-hydrogen) atoms. The second-order valence-corrected chi connectivity index (χ2v) is 8.06. The molecule has 3 rings (SSSR count). The highest BCUT2D eigenvalue weighted by Crippen LogP contribution is 2.28. The minimum atomic E-state index is -0.676. The summed E-state index contributed by atoms with van der Waals surface area (Å²) < 4.78 is 5.23. The quantitative estimate of drug-likeness (QED) is 0.577. The molecule has 0 aliphatic heterocycles. The summed E-state index contributed by atoms with van der Waals surface area (Å²) in [5, 5.41) is 14.8. The number of aromatic nitrogens is 2. The third kappa shape index (κ3) is 5.64. The van der Waals surface area contributed by atoms with Crippen molar-refractivity contribution in [2.45, 2.75) is 26.3 Å². The van der Waals surface area contributed by atoms with Gasteiger partial charge in [0.1, 0.15) is 16.8 Å². The second-order valence-electron chi connectivity index (χ2n) is 7.09. The van der Waals surface area contributed by atoms with Crippen molar-refractivity contribution in [2.24, 2.45) is 5.92 Å². The first-order valence-electron chi connectivity index (χ1n) is 9.58. The number of ether oxygens (including phenoxy) is 1. The molecule has 0 saturated carbocycles. The Labute approximate surface area is 179 Å². The maximum atomic E-state index is 12.8. The van der Waals surface area contributed by atoms with Gasteiger partial charge < -0.3 is 10.1 Å². The van der Waals surface area contributed by atoms with E-state index < -0.39 is 6.04 Å². The summed E-state index contributed by atoms with van der Waals surface area (Å²) in [7, 11) is 1.60. The van der Waals surface area contributed by atoms with Gasteiger partial charge in [0.05, 0.1) is 13.5 Å². The Morgan fingerprint density at radius 3 is 2.53 bits per heavy atom. The fourth-order valence-corrected chi connectivity index (χ4v) is 3.61. The van der Waals surface area contributed by atoms with E-state index in [4.69, 9.17) is 4.74 Å². The first-order valence-corrected chi connectivity index (χ1v) is 10.4. The zero-order valence-corrected chi connectivity index (χ0v) is 17.9. The minimum absolute atomic E-state index is 0.0875. The van der Waals surface area contributed by atoms with E-state index in [9.17, 15) is 9.59 Å². The lowest BCUT2D eigenvalue weighted by molar-refractivity contribution is -0.127. The molecular formula is C22H24N4O3S. The monoisotopic (exact) mass is 424 g/mol. The number of methoxy groups -OCH3 is 1. The fraction of sp³-hybridized carbons (Fsp3) is 0.273. The highest BCUT2D eigenvalue weighted by atomic mass is 32.1. The molecule has 8 heteroatoms. The van der Waals surface area contributed by atoms with Crippen LogP contribution in [-0.4, -0.2) is 35.2 Å². The smallest absolute Gasteiger partial charge is 0.249 e. The SMILES string of the molecule is COc1cccc(-c2nnc(NC(=O)C(NC(=O)Cc3ccccc3)C(C)C)s2)c1. The topological polar surface area (TPSA) is 93.2 Å². The Kier molecular flexibility index (Phi) is 7.13. The van der Waals surface area contributed by atoms with Crippen molar-refractivity contribution in [3.05, 3.63) is 60.2 Å². The van der Waals surface area contributed by atoms with Crippen molar-refractivity contribution in [2.75, 3.05) is 12.4 Å². The van der Waals surface area contributed by atoms with E-state index in [0.29, 0.717) is 15.9 Å². The van der Waals surface area contributed by atoms with Crippen LogP contribution in [0.25, 0.3) is 10.6 Å². The zero-order chi connectivity index (χ0) is 21.5. The summed E-state index contributed by atoms with van der Waals surface area (Å²) in [6.07, 6.45) is 0.218. The Bertz CT molecular complexity index is 1000. The number of hydrogen-bond acceptors (Lipinski definition) is 6. The zero-order valence-electron chi connectivity index (χ0n) is 17.1. The van der Waals surface area contributed by atoms with E-state index in [1.165, 1.54) is 11.3 Å². The Balaban J connectivity index is 1.65. The summed E-state index contributed by atoms with van der Waals surface area (Å²) in [5.41, 5.74) is 1.74. The molecule has 2 N–H and O–H groups in total. The summed E-state index contributed by atoms with van der Waals surface area (Å²) in [4.78, 5) is 25.2. The molecule has 0 aliphatic carbocycles. The lowest BCUT2D eigenvalue weighted by atomic mass is 10.0. The van der Waals surface area contributed by atoms with Crippen LogP contribution < -0.4 is 15.4 Å². The molecule has 1 aromatic heterocycles. The molecule has 0 fully saturated rings. The van der Waals surface area contributed by atoms with Gasteiger partial charge in [-0.3, -0.25) is 14.9 Å². The van der Waals surface area contributed by atoms with Crippen LogP contribution in [-0.2, 0) is 16.0 Å². The maximum absolute atomic E-state index is 12.8. The van der Waals surface area contributed by atoms with Crippen LogP contribution in [0.1, 0.15) is 19.4 Å². The fourth-order valence-electron chi connectivity index (χ4n) is 2.87. The van der Waals surface area contributed by atoms with Gasteiger partial charge >= 0.3 is 0 Å². The van der Waals surface area contributed by atoms with E-state index >= 15 is 0 Å². The number of amides is 2. The average molecular weight is 425 g/mol. The van der Waals surface area contributed by atoms with Crippen LogP contribution >= 0.6 is 11.3 Å². The number of anilines is 1. The van der Waals surface area contributed by atoms with Gasteiger partial charge in [-0.2, -0.15) is 0 Å². The number of nitrogens with one attached hydrogen (secondary N) is 2. The van der Waals surface area contributed by atoms with E-state index in [2.05, 4.69) is 20.8 Å².